The van der Waals surface area contributed by atoms with Gasteiger partial charge in [-0.2, -0.15) is 0 Å². The van der Waals surface area contributed by atoms with Crippen molar-refractivity contribution in [3.63, 3.8) is 0 Å². The van der Waals surface area contributed by atoms with Gasteiger partial charge >= 0.3 is 0 Å². The second kappa shape index (κ2) is 14.4. The van der Waals surface area contributed by atoms with Crippen molar-refractivity contribution in [2.75, 3.05) is 0 Å². The van der Waals surface area contributed by atoms with E-state index in [9.17, 15) is 0 Å². The van der Waals surface area contributed by atoms with Gasteiger partial charge in [0.15, 0.2) is 0 Å². The summed E-state index contributed by atoms with van der Waals surface area (Å²) in [6.45, 7) is 2.06. The first-order chi connectivity index (χ1) is 5.27. The van der Waals surface area contributed by atoms with Gasteiger partial charge in [0.05, 0.1) is 6.17 Å². The van der Waals surface area contributed by atoms with E-state index in [1.54, 1.807) is 0 Å². The maximum atomic E-state index is 5.18. The molecular weight excluding hydrogens is 164 g/mol. The highest BCUT2D eigenvalue weighted by atomic mass is 14.8. The van der Waals surface area contributed by atoms with E-state index in [1.165, 1.54) is 32.1 Å². The molecule has 1 saturated carbocycles. The first-order valence-corrected chi connectivity index (χ1v) is 4.78. The lowest BCUT2D eigenvalue weighted by Crippen LogP contribution is -2.29. The minimum absolute atomic E-state index is 0. The van der Waals surface area contributed by atoms with Gasteiger partial charge in [-0.05, 0) is 6.42 Å². The Balaban J connectivity index is -0.000000134. The summed E-state index contributed by atoms with van der Waals surface area (Å²) in [7, 11) is 0. The molecule has 0 radical (unpaired) electrons. The summed E-state index contributed by atoms with van der Waals surface area (Å²) in [6, 6.07) is 0. The fraction of sp³-hybridized carbons (Fsp3) is 1.00. The van der Waals surface area contributed by atoms with Crippen molar-refractivity contribution in [2.45, 2.75) is 58.0 Å². The lowest BCUT2D eigenvalue weighted by atomic mass is 10.3. The molecule has 1 rings (SSSR count). The quantitative estimate of drug-likeness (QED) is 0.501. The Bertz CT molecular complexity index is 64.4. The largest absolute Gasteiger partial charge is 0.344 e. The maximum Gasteiger partial charge on any atom is 0.0520 e. The van der Waals surface area contributed by atoms with Crippen LogP contribution in [0.1, 0.15) is 51.9 Å². The van der Waals surface area contributed by atoms with Crippen LogP contribution in [0.3, 0.4) is 0 Å². The summed E-state index contributed by atoms with van der Waals surface area (Å²) in [4.78, 5) is 0. The maximum absolute atomic E-state index is 5.18. The zero-order chi connectivity index (χ0) is 8.53. The van der Waals surface area contributed by atoms with E-state index in [2.05, 4.69) is 6.92 Å². The lowest BCUT2D eigenvalue weighted by molar-refractivity contribution is 0.627. The van der Waals surface area contributed by atoms with Crippen LogP contribution in [0, 0.1) is 0 Å². The second-order valence-corrected chi connectivity index (χ2v) is 3.22. The average Bonchev–Trinajstić information content (AvgIpc) is 2.41. The van der Waals surface area contributed by atoms with Crippen LogP contribution in [0.5, 0.6) is 0 Å². The molecule has 1 aliphatic carbocycles. The van der Waals surface area contributed by atoms with E-state index < -0.39 is 0 Å². The summed E-state index contributed by atoms with van der Waals surface area (Å²) >= 11 is 0. The molecule has 0 saturated heterocycles. The highest BCUT2D eigenvalue weighted by Gasteiger charge is 1.95. The second-order valence-electron chi connectivity index (χ2n) is 3.22. The van der Waals surface area contributed by atoms with Crippen LogP contribution in [0.25, 0.3) is 0 Å². The topological polar surface area (TPSA) is 122 Å². The highest BCUT2D eigenvalue weighted by Crippen LogP contribution is 2.15. The molecule has 4 nitrogen and oxygen atoms in total. The minimum atomic E-state index is -0.102. The van der Waals surface area contributed by atoms with Crippen LogP contribution in [-0.4, -0.2) is 6.17 Å². The van der Waals surface area contributed by atoms with E-state index in [0.29, 0.717) is 0 Å². The molecule has 13 heavy (non-hydrogen) atoms. The van der Waals surface area contributed by atoms with E-state index in [1.807, 2.05) is 0 Å². The van der Waals surface area contributed by atoms with Crippen LogP contribution in [-0.2, 0) is 0 Å². The van der Waals surface area contributed by atoms with Crippen molar-refractivity contribution in [3.05, 3.63) is 0 Å². The Labute approximate surface area is 82.6 Å². The summed E-state index contributed by atoms with van der Waals surface area (Å²) in [5, 5.41) is 0. The van der Waals surface area contributed by atoms with Crippen molar-refractivity contribution in [2.24, 2.45) is 11.5 Å². The summed E-state index contributed by atoms with van der Waals surface area (Å²) in [5.41, 5.74) is 10.4. The third-order valence-electron chi connectivity index (χ3n) is 1.87. The van der Waals surface area contributed by atoms with Crippen LogP contribution in [0.4, 0.5) is 0 Å². The van der Waals surface area contributed by atoms with Crippen LogP contribution in [0.2, 0.25) is 0 Å². The Hall–Kier alpha value is -0.160. The van der Waals surface area contributed by atoms with E-state index in [4.69, 9.17) is 11.5 Å². The Morgan fingerprint density at radius 2 is 1.23 bits per heavy atom. The van der Waals surface area contributed by atoms with Gasteiger partial charge in [0.25, 0.3) is 0 Å². The molecule has 1 fully saturated rings. The third kappa shape index (κ3) is 18.7. The molecule has 0 amide bonds. The van der Waals surface area contributed by atoms with Gasteiger partial charge in [0.1, 0.15) is 0 Å². The normalized spacial score (nSPS) is 13.8. The standard InChI is InChI=1S/C5H10.C4H12N2.2H3N/c1-2-4-5-3-1;1-2-3-4(5)6;;/h1-5H2;4H,2-3,5-6H2,1H3;2*1H3. The average molecular weight is 192 g/mol. The van der Waals surface area contributed by atoms with Crippen molar-refractivity contribution < 1.29 is 0 Å². The predicted octanol–water partition coefficient (Wildman–Crippen LogP) is 2.30. The van der Waals surface area contributed by atoms with E-state index >= 15 is 0 Å². The monoisotopic (exact) mass is 192 g/mol. The minimum Gasteiger partial charge on any atom is -0.344 e. The molecule has 0 atom stereocenters. The van der Waals surface area contributed by atoms with Crippen molar-refractivity contribution >= 4 is 0 Å². The lowest BCUT2D eigenvalue weighted by Gasteiger charge is -1.97. The van der Waals surface area contributed by atoms with Gasteiger partial charge < -0.3 is 23.8 Å². The van der Waals surface area contributed by atoms with Gasteiger partial charge in [-0.25, -0.2) is 0 Å². The van der Waals surface area contributed by atoms with Gasteiger partial charge in [-0.3, -0.25) is 0 Å². The van der Waals surface area contributed by atoms with Gasteiger partial charge in [0.2, 0.25) is 0 Å². The molecule has 4 heteroatoms. The van der Waals surface area contributed by atoms with Crippen molar-refractivity contribution in [3.8, 4) is 0 Å². The first kappa shape index (κ1) is 18.6. The number of hydrogen-bond donors (Lipinski definition) is 4. The van der Waals surface area contributed by atoms with Gasteiger partial charge in [0, 0.05) is 0 Å². The van der Waals surface area contributed by atoms with E-state index in [-0.39, 0.29) is 18.5 Å². The SMILES string of the molecule is C1CCCC1.CCCC(N)N.N.N. The predicted molar refractivity (Wildman–Crippen MR) is 60.2 cm³/mol. The molecule has 0 unspecified atom stereocenters. The van der Waals surface area contributed by atoms with Gasteiger partial charge in [-0.15, -0.1) is 0 Å². The van der Waals surface area contributed by atoms with E-state index in [0.717, 1.165) is 12.8 Å². The zero-order valence-electron chi connectivity index (χ0n) is 9.10. The molecular formula is C9H28N4. The number of rotatable bonds is 2. The molecule has 0 bridgehead atoms. The molecule has 0 aromatic rings. The van der Waals surface area contributed by atoms with Crippen LogP contribution >= 0.6 is 0 Å². The van der Waals surface area contributed by atoms with Crippen molar-refractivity contribution in [1.82, 2.24) is 12.3 Å². The molecule has 0 heterocycles. The molecule has 84 valence electrons. The first-order valence-electron chi connectivity index (χ1n) is 4.78. The molecule has 0 aromatic heterocycles. The summed E-state index contributed by atoms with van der Waals surface area (Å²) < 4.78 is 0. The Morgan fingerprint density at radius 1 is 0.923 bits per heavy atom. The Kier molecular flexibility index (Phi) is 20.5. The molecule has 1 aliphatic rings. The molecule has 0 aromatic carbocycles. The molecule has 10 N–H and O–H groups in total. The highest BCUT2D eigenvalue weighted by molar-refractivity contribution is 4.51. The Morgan fingerprint density at radius 3 is 1.31 bits per heavy atom. The fourth-order valence-electron chi connectivity index (χ4n) is 1.22. The van der Waals surface area contributed by atoms with Crippen LogP contribution in [0.15, 0.2) is 0 Å². The number of nitrogens with two attached hydrogens (primary N) is 2. The molecule has 0 spiro atoms. The summed E-state index contributed by atoms with van der Waals surface area (Å²) in [5.74, 6) is 0. The fourth-order valence-corrected chi connectivity index (χ4v) is 1.22. The third-order valence-corrected chi connectivity index (χ3v) is 1.87. The smallest absolute Gasteiger partial charge is 0.0520 e. The summed E-state index contributed by atoms with van der Waals surface area (Å²) in [6.07, 6.45) is 9.41. The number of hydrogen-bond acceptors (Lipinski definition) is 4. The van der Waals surface area contributed by atoms with Gasteiger partial charge in [-0.1, -0.05) is 45.4 Å². The van der Waals surface area contributed by atoms with Crippen LogP contribution < -0.4 is 23.8 Å². The van der Waals surface area contributed by atoms with Crippen molar-refractivity contribution in [1.29, 1.82) is 0 Å². The molecule has 0 aliphatic heterocycles. The zero-order valence-corrected chi connectivity index (χ0v) is 9.10.